The number of fused-ring (bicyclic) bond motifs is 1. The van der Waals surface area contributed by atoms with E-state index in [-0.39, 0.29) is 5.91 Å². The lowest BCUT2D eigenvalue weighted by Crippen LogP contribution is -2.40. The third kappa shape index (κ3) is 3.63. The number of hydrogen-bond acceptors (Lipinski definition) is 5. The number of H-pyrrole nitrogens is 1. The van der Waals surface area contributed by atoms with Gasteiger partial charge in [-0.3, -0.25) is 9.78 Å². The van der Waals surface area contributed by atoms with Gasteiger partial charge in [-0.1, -0.05) is 11.2 Å². The smallest absolute Gasteiger partial charge is 0.276 e. The maximum absolute atomic E-state index is 13.0. The van der Waals surface area contributed by atoms with Crippen LogP contribution in [0, 0.1) is 5.92 Å². The van der Waals surface area contributed by atoms with Crippen LogP contribution >= 0.6 is 0 Å². The van der Waals surface area contributed by atoms with Crippen LogP contribution in [-0.2, 0) is 6.42 Å². The van der Waals surface area contributed by atoms with Crippen molar-refractivity contribution in [1.82, 2.24) is 25.0 Å². The highest BCUT2D eigenvalue weighted by molar-refractivity contribution is 5.98. The number of pyridine rings is 1. The molecule has 0 radical (unpaired) electrons. The molecule has 1 saturated heterocycles. The number of amides is 1. The first-order valence-electron chi connectivity index (χ1n) is 9.87. The van der Waals surface area contributed by atoms with Gasteiger partial charge in [0, 0.05) is 48.4 Å². The van der Waals surface area contributed by atoms with Crippen LogP contribution in [0.5, 0.6) is 0 Å². The van der Waals surface area contributed by atoms with E-state index in [0.29, 0.717) is 36.3 Å². The molecule has 0 spiro atoms. The van der Waals surface area contributed by atoms with Crippen molar-refractivity contribution in [3.05, 3.63) is 66.2 Å². The third-order valence-corrected chi connectivity index (χ3v) is 5.43. The zero-order valence-electron chi connectivity index (χ0n) is 15.9. The number of nitrogens with one attached hydrogen (secondary N) is 1. The maximum Gasteiger partial charge on any atom is 0.276 e. The van der Waals surface area contributed by atoms with E-state index in [1.54, 1.807) is 6.20 Å². The SMILES string of the molecule is O=C(c1ccc2[nH]ccc2c1)N1CCCC(Cc2noc(-c3ccccn3)n2)C1. The first kappa shape index (κ1) is 17.6. The lowest BCUT2D eigenvalue weighted by Gasteiger charge is -2.32. The number of piperidine rings is 1. The van der Waals surface area contributed by atoms with Crippen LogP contribution in [0.1, 0.15) is 29.0 Å². The van der Waals surface area contributed by atoms with Crippen molar-refractivity contribution in [1.29, 1.82) is 0 Å². The summed E-state index contributed by atoms with van der Waals surface area (Å²) in [5, 5.41) is 5.16. The van der Waals surface area contributed by atoms with E-state index in [1.165, 1.54) is 0 Å². The lowest BCUT2D eigenvalue weighted by atomic mass is 9.94. The zero-order chi connectivity index (χ0) is 19.6. The molecule has 146 valence electrons. The molecule has 5 rings (SSSR count). The standard InChI is InChI=1S/C22H21N5O2/c28-22(17-6-7-18-16(13-17)8-10-24-18)27-11-3-4-15(14-27)12-20-25-21(29-26-20)19-5-1-2-9-23-19/h1-2,5-10,13,15,24H,3-4,11-12,14H2. The number of nitrogens with zero attached hydrogens (tertiary/aromatic N) is 4. The molecule has 0 aliphatic carbocycles. The number of carbonyl (C=O) groups excluding carboxylic acids is 1. The molecule has 1 atom stereocenters. The van der Waals surface area contributed by atoms with Crippen LogP contribution < -0.4 is 0 Å². The molecule has 7 nitrogen and oxygen atoms in total. The van der Waals surface area contributed by atoms with E-state index in [4.69, 9.17) is 4.52 Å². The van der Waals surface area contributed by atoms with Crippen molar-refractivity contribution < 1.29 is 9.32 Å². The second-order valence-corrected chi connectivity index (χ2v) is 7.47. The second-order valence-electron chi connectivity index (χ2n) is 7.47. The van der Waals surface area contributed by atoms with Crippen molar-refractivity contribution in [2.24, 2.45) is 5.92 Å². The minimum Gasteiger partial charge on any atom is -0.361 e. The normalized spacial score (nSPS) is 17.0. The number of rotatable bonds is 4. The summed E-state index contributed by atoms with van der Waals surface area (Å²) in [7, 11) is 0. The van der Waals surface area contributed by atoms with E-state index in [0.717, 1.165) is 35.9 Å². The number of likely N-dealkylation sites (tertiary alicyclic amines) is 1. The molecule has 1 unspecified atom stereocenters. The Kier molecular flexibility index (Phi) is 4.56. The van der Waals surface area contributed by atoms with Crippen LogP contribution in [0.4, 0.5) is 0 Å². The van der Waals surface area contributed by atoms with Crippen LogP contribution in [-0.4, -0.2) is 44.0 Å². The molecule has 29 heavy (non-hydrogen) atoms. The molecule has 0 saturated carbocycles. The average molecular weight is 387 g/mol. The predicted octanol–water partition coefficient (Wildman–Crippen LogP) is 3.71. The van der Waals surface area contributed by atoms with Crippen molar-refractivity contribution >= 4 is 16.8 Å². The molecule has 0 bridgehead atoms. The Balaban J connectivity index is 1.27. The lowest BCUT2D eigenvalue weighted by molar-refractivity contribution is 0.0672. The van der Waals surface area contributed by atoms with Crippen molar-refractivity contribution in [2.75, 3.05) is 13.1 Å². The molecule has 1 aromatic carbocycles. The summed E-state index contributed by atoms with van der Waals surface area (Å²) in [6.07, 6.45) is 6.31. The highest BCUT2D eigenvalue weighted by Crippen LogP contribution is 2.24. The number of aromatic amines is 1. The fourth-order valence-corrected chi connectivity index (χ4v) is 3.97. The van der Waals surface area contributed by atoms with E-state index in [1.807, 2.05) is 53.6 Å². The molecule has 7 heteroatoms. The Morgan fingerprint density at radius 1 is 1.24 bits per heavy atom. The molecule has 4 heterocycles. The van der Waals surface area contributed by atoms with Crippen molar-refractivity contribution in [3.63, 3.8) is 0 Å². The Labute approximate surface area is 167 Å². The maximum atomic E-state index is 13.0. The summed E-state index contributed by atoms with van der Waals surface area (Å²) in [5.74, 6) is 1.50. The Hall–Kier alpha value is -3.48. The molecular weight excluding hydrogens is 366 g/mol. The number of aromatic nitrogens is 4. The van der Waals surface area contributed by atoms with Gasteiger partial charge >= 0.3 is 0 Å². The molecule has 1 aliphatic heterocycles. The number of hydrogen-bond donors (Lipinski definition) is 1. The topological polar surface area (TPSA) is 87.9 Å². The third-order valence-electron chi connectivity index (χ3n) is 5.43. The number of benzene rings is 1. The first-order valence-corrected chi connectivity index (χ1v) is 9.87. The molecule has 1 fully saturated rings. The first-order chi connectivity index (χ1) is 14.3. The van der Waals surface area contributed by atoms with Crippen LogP contribution in [0.2, 0.25) is 0 Å². The Morgan fingerprint density at radius 2 is 2.21 bits per heavy atom. The van der Waals surface area contributed by atoms with Gasteiger partial charge in [-0.2, -0.15) is 4.98 Å². The summed E-state index contributed by atoms with van der Waals surface area (Å²) < 4.78 is 5.36. The highest BCUT2D eigenvalue weighted by Gasteiger charge is 2.26. The Morgan fingerprint density at radius 3 is 3.10 bits per heavy atom. The molecular formula is C22H21N5O2. The summed E-state index contributed by atoms with van der Waals surface area (Å²) in [4.78, 5) is 26.8. The largest absolute Gasteiger partial charge is 0.361 e. The van der Waals surface area contributed by atoms with Gasteiger partial charge < -0.3 is 14.4 Å². The van der Waals surface area contributed by atoms with Crippen LogP contribution in [0.3, 0.4) is 0 Å². The predicted molar refractivity (Wildman–Crippen MR) is 108 cm³/mol. The van der Waals surface area contributed by atoms with Gasteiger partial charge in [0.05, 0.1) is 0 Å². The highest BCUT2D eigenvalue weighted by atomic mass is 16.5. The minimum absolute atomic E-state index is 0.0834. The van der Waals surface area contributed by atoms with Gasteiger partial charge in [0.15, 0.2) is 5.82 Å². The van der Waals surface area contributed by atoms with Crippen molar-refractivity contribution in [2.45, 2.75) is 19.3 Å². The van der Waals surface area contributed by atoms with Gasteiger partial charge in [0.2, 0.25) is 0 Å². The monoisotopic (exact) mass is 387 g/mol. The van der Waals surface area contributed by atoms with E-state index in [9.17, 15) is 4.79 Å². The summed E-state index contributed by atoms with van der Waals surface area (Å²) in [6.45, 7) is 1.49. The van der Waals surface area contributed by atoms with Gasteiger partial charge in [-0.05, 0) is 55.2 Å². The molecule has 1 aliphatic rings. The van der Waals surface area contributed by atoms with Crippen LogP contribution in [0.25, 0.3) is 22.5 Å². The van der Waals surface area contributed by atoms with E-state index >= 15 is 0 Å². The Bertz CT molecular complexity index is 1130. The molecule has 1 N–H and O–H groups in total. The average Bonchev–Trinajstić information content (AvgIpc) is 3.43. The van der Waals surface area contributed by atoms with Crippen molar-refractivity contribution in [3.8, 4) is 11.6 Å². The minimum atomic E-state index is 0.0834. The molecule has 4 aromatic rings. The fourth-order valence-electron chi connectivity index (χ4n) is 3.97. The molecule has 3 aromatic heterocycles. The van der Waals surface area contributed by atoms with Gasteiger partial charge in [-0.25, -0.2) is 0 Å². The van der Waals surface area contributed by atoms with Crippen LogP contribution in [0.15, 0.2) is 59.4 Å². The fraction of sp³-hybridized carbons (Fsp3) is 0.273. The van der Waals surface area contributed by atoms with Gasteiger partial charge in [0.25, 0.3) is 11.8 Å². The van der Waals surface area contributed by atoms with E-state index in [2.05, 4.69) is 20.1 Å². The second kappa shape index (κ2) is 7.50. The number of carbonyl (C=O) groups is 1. The summed E-state index contributed by atoms with van der Waals surface area (Å²) in [6, 6.07) is 13.4. The van der Waals surface area contributed by atoms with E-state index < -0.39 is 0 Å². The zero-order valence-corrected chi connectivity index (χ0v) is 15.9. The quantitative estimate of drug-likeness (QED) is 0.577. The van der Waals surface area contributed by atoms with Gasteiger partial charge in [0.1, 0.15) is 5.69 Å². The summed E-state index contributed by atoms with van der Waals surface area (Å²) >= 11 is 0. The molecule has 1 amide bonds. The summed E-state index contributed by atoms with van der Waals surface area (Å²) in [5.41, 5.74) is 2.44. The van der Waals surface area contributed by atoms with Gasteiger partial charge in [-0.15, -0.1) is 0 Å².